The topological polar surface area (TPSA) is 151 Å². The van der Waals surface area contributed by atoms with E-state index in [1.165, 1.54) is 41.3 Å². The zero-order valence-electron chi connectivity index (χ0n) is 22.3. The third-order valence-corrected chi connectivity index (χ3v) is 9.22. The van der Waals surface area contributed by atoms with E-state index in [0.29, 0.717) is 43.6 Å². The van der Waals surface area contributed by atoms with Gasteiger partial charge in [0.2, 0.25) is 0 Å². The number of anilines is 1. The Labute approximate surface area is 254 Å². The molecule has 0 atom stereocenters. The number of fused-ring (bicyclic) bond motifs is 1. The van der Waals surface area contributed by atoms with Crippen LogP contribution in [0.4, 0.5) is 10.7 Å². The number of amides is 1. The normalized spacial score (nSPS) is 12.7. The van der Waals surface area contributed by atoms with E-state index in [9.17, 15) is 25.4 Å². The molecule has 5 rings (SSSR count). The number of thiophene rings is 1. The van der Waals surface area contributed by atoms with Crippen LogP contribution in [0.15, 0.2) is 58.1 Å². The van der Waals surface area contributed by atoms with E-state index in [2.05, 4.69) is 21.6 Å². The van der Waals surface area contributed by atoms with Crippen molar-refractivity contribution in [3.8, 4) is 23.5 Å². The molecule has 2 heterocycles. The highest BCUT2D eigenvalue weighted by atomic mass is 35.5. The van der Waals surface area contributed by atoms with Crippen LogP contribution in [0, 0.1) is 32.8 Å². The number of carbonyl (C=O) groups is 1. The van der Waals surface area contributed by atoms with Gasteiger partial charge in [0.05, 0.1) is 10.5 Å². The van der Waals surface area contributed by atoms with Crippen molar-refractivity contribution in [1.82, 2.24) is 14.8 Å². The number of non-ortho nitro benzene ring substituents is 1. The van der Waals surface area contributed by atoms with E-state index in [0.717, 1.165) is 41.7 Å². The molecule has 0 radical (unpaired) electrons. The summed E-state index contributed by atoms with van der Waals surface area (Å²) in [6, 6.07) is 15.5. The van der Waals surface area contributed by atoms with Crippen LogP contribution in [-0.2, 0) is 24.2 Å². The van der Waals surface area contributed by atoms with Crippen molar-refractivity contribution in [2.45, 2.75) is 49.2 Å². The van der Waals surface area contributed by atoms with Crippen LogP contribution in [0.1, 0.15) is 41.3 Å². The molecule has 0 saturated carbocycles. The average molecular weight is 616 g/mol. The Balaban J connectivity index is 1.50. The number of nitrogens with zero attached hydrogens (tertiary/aromatic N) is 6. The molecule has 0 bridgehead atoms. The predicted octanol–water partition coefficient (Wildman–Crippen LogP) is 7.04. The molecule has 4 aromatic rings. The molecule has 0 aliphatic heterocycles. The van der Waals surface area contributed by atoms with Gasteiger partial charge in [-0.15, -0.1) is 21.5 Å². The number of nitro groups is 1. The summed E-state index contributed by atoms with van der Waals surface area (Å²) in [6.07, 6.45) is 4.95. The molecule has 1 aliphatic rings. The van der Waals surface area contributed by atoms with E-state index in [-0.39, 0.29) is 11.3 Å². The van der Waals surface area contributed by atoms with Crippen LogP contribution in [0.2, 0.25) is 5.02 Å². The van der Waals surface area contributed by atoms with Crippen LogP contribution in [0.25, 0.3) is 17.5 Å². The predicted molar refractivity (Wildman–Crippen MR) is 161 cm³/mol. The van der Waals surface area contributed by atoms with Crippen LogP contribution < -0.4 is 5.32 Å². The zero-order chi connectivity index (χ0) is 29.8. The quantitative estimate of drug-likeness (QED) is 0.0959. The number of aromatic nitrogens is 3. The molecule has 42 heavy (non-hydrogen) atoms. The summed E-state index contributed by atoms with van der Waals surface area (Å²) in [5.41, 5.74) is 2.01. The minimum absolute atomic E-state index is 0.197. The lowest BCUT2D eigenvalue weighted by Crippen LogP contribution is -2.13. The highest BCUT2D eigenvalue weighted by Crippen LogP contribution is 2.38. The van der Waals surface area contributed by atoms with Crippen molar-refractivity contribution in [3.63, 3.8) is 0 Å². The van der Waals surface area contributed by atoms with Gasteiger partial charge in [0.15, 0.2) is 11.0 Å². The molecule has 10 nitrogen and oxygen atoms in total. The minimum Gasteiger partial charge on any atom is -0.312 e. The van der Waals surface area contributed by atoms with Crippen LogP contribution in [0.5, 0.6) is 0 Å². The van der Waals surface area contributed by atoms with Gasteiger partial charge in [0.1, 0.15) is 22.7 Å². The summed E-state index contributed by atoms with van der Waals surface area (Å²) >= 11 is 8.73. The number of benzene rings is 2. The first-order valence-corrected chi connectivity index (χ1v) is 15.0. The zero-order valence-corrected chi connectivity index (χ0v) is 24.6. The van der Waals surface area contributed by atoms with E-state index in [1.54, 1.807) is 18.2 Å². The first-order chi connectivity index (χ1) is 20.3. The maximum absolute atomic E-state index is 13.2. The summed E-state index contributed by atoms with van der Waals surface area (Å²) in [6.45, 7) is 2.47. The number of hydrogen-bond donors (Lipinski definition) is 1. The molecule has 0 saturated heterocycles. The number of nitro benzene ring substituents is 1. The van der Waals surface area contributed by atoms with Crippen molar-refractivity contribution in [1.29, 1.82) is 10.5 Å². The first kappa shape index (κ1) is 29.0. The van der Waals surface area contributed by atoms with Gasteiger partial charge < -0.3 is 9.88 Å². The molecule has 0 unspecified atom stereocenters. The van der Waals surface area contributed by atoms with Crippen molar-refractivity contribution in [2.24, 2.45) is 0 Å². The number of rotatable bonds is 8. The lowest BCUT2D eigenvalue weighted by molar-refractivity contribution is -0.384. The fourth-order valence-electron chi connectivity index (χ4n) is 4.69. The van der Waals surface area contributed by atoms with Gasteiger partial charge in [0, 0.05) is 39.0 Å². The SMILES string of the molecule is CCn1c(Sc2ccc([N+](=O)[O-])cc2/C=C(/C#N)C(=O)Nc2sc3c(c2C#N)CCCC3)nnc1-c1cccc(Cl)c1. The van der Waals surface area contributed by atoms with Crippen molar-refractivity contribution < 1.29 is 9.72 Å². The van der Waals surface area contributed by atoms with E-state index < -0.39 is 10.8 Å². The van der Waals surface area contributed by atoms with Crippen LogP contribution in [0.3, 0.4) is 0 Å². The van der Waals surface area contributed by atoms with Gasteiger partial charge in [-0.1, -0.05) is 23.7 Å². The highest BCUT2D eigenvalue weighted by molar-refractivity contribution is 7.99. The summed E-state index contributed by atoms with van der Waals surface area (Å²) in [5, 5.41) is 44.1. The molecule has 13 heteroatoms. The lowest BCUT2D eigenvalue weighted by Gasteiger charge is -2.10. The number of nitriles is 2. The third-order valence-electron chi connectivity index (χ3n) is 6.70. The van der Waals surface area contributed by atoms with E-state index in [1.807, 2.05) is 29.7 Å². The van der Waals surface area contributed by atoms with E-state index >= 15 is 0 Å². The Morgan fingerprint density at radius 1 is 1.24 bits per heavy atom. The number of hydrogen-bond acceptors (Lipinski definition) is 9. The lowest BCUT2D eigenvalue weighted by atomic mass is 9.96. The molecule has 2 aromatic heterocycles. The standard InChI is InChI=1S/C29H22ClN7O3S2/c1-2-36-26(17-6-5-7-20(30)13-17)34-35-29(36)42-24-11-10-21(37(39)40)14-18(24)12-19(15-31)27(38)33-28-23(16-32)22-8-3-4-9-25(22)41-28/h5-7,10-14H,2-4,8-9H2,1H3,(H,33,38)/b19-12-. The van der Waals surface area contributed by atoms with Crippen molar-refractivity contribution in [3.05, 3.63) is 84.7 Å². The van der Waals surface area contributed by atoms with Crippen LogP contribution in [-0.4, -0.2) is 25.6 Å². The molecule has 0 spiro atoms. The Bertz CT molecular complexity index is 1830. The fraction of sp³-hybridized carbons (Fsp3) is 0.207. The summed E-state index contributed by atoms with van der Waals surface area (Å²) < 4.78 is 1.88. The molecule has 2 aromatic carbocycles. The van der Waals surface area contributed by atoms with Gasteiger partial charge >= 0.3 is 0 Å². The molecule has 0 fully saturated rings. The molecule has 210 valence electrons. The second-order valence-corrected chi connectivity index (χ2v) is 11.8. The monoisotopic (exact) mass is 615 g/mol. The molecule has 1 N–H and O–H groups in total. The Morgan fingerprint density at radius 3 is 2.76 bits per heavy atom. The number of halogens is 1. The van der Waals surface area contributed by atoms with Gasteiger partial charge in [-0.2, -0.15) is 10.5 Å². The maximum atomic E-state index is 13.2. The van der Waals surface area contributed by atoms with Gasteiger partial charge in [-0.05, 0) is 79.8 Å². The van der Waals surface area contributed by atoms with Crippen molar-refractivity contribution in [2.75, 3.05) is 5.32 Å². The fourth-order valence-corrected chi connectivity index (χ4v) is 7.09. The number of carbonyl (C=O) groups excluding carboxylic acids is 1. The van der Waals surface area contributed by atoms with Gasteiger partial charge in [-0.25, -0.2) is 0 Å². The minimum atomic E-state index is -0.699. The number of aryl methyl sites for hydroxylation is 1. The highest BCUT2D eigenvalue weighted by Gasteiger charge is 2.24. The summed E-state index contributed by atoms with van der Waals surface area (Å²) in [4.78, 5) is 25.9. The Morgan fingerprint density at radius 2 is 2.05 bits per heavy atom. The maximum Gasteiger partial charge on any atom is 0.270 e. The van der Waals surface area contributed by atoms with Crippen molar-refractivity contribution >= 4 is 57.4 Å². The number of nitrogens with one attached hydrogen (secondary N) is 1. The van der Waals surface area contributed by atoms with Crippen LogP contribution >= 0.6 is 34.7 Å². The third kappa shape index (κ3) is 5.92. The molecular weight excluding hydrogens is 594 g/mol. The first-order valence-electron chi connectivity index (χ1n) is 13.0. The van der Waals surface area contributed by atoms with Gasteiger partial charge in [-0.3, -0.25) is 14.9 Å². The largest absolute Gasteiger partial charge is 0.312 e. The van der Waals surface area contributed by atoms with E-state index in [4.69, 9.17) is 11.6 Å². The second-order valence-electron chi connectivity index (χ2n) is 9.29. The van der Waals surface area contributed by atoms with Gasteiger partial charge in [0.25, 0.3) is 11.6 Å². The smallest absolute Gasteiger partial charge is 0.270 e. The average Bonchev–Trinajstić information content (AvgIpc) is 3.56. The summed E-state index contributed by atoms with van der Waals surface area (Å²) in [5.74, 6) is -0.0967. The molecule has 1 aliphatic carbocycles. The molecular formula is C29H22ClN7O3S2. The second kappa shape index (κ2) is 12.6. The molecule has 1 amide bonds. The Hall–Kier alpha value is -4.49. The summed E-state index contributed by atoms with van der Waals surface area (Å²) in [7, 11) is 0. The Kier molecular flexibility index (Phi) is 8.69.